The van der Waals surface area contributed by atoms with E-state index in [9.17, 15) is 0 Å². The summed E-state index contributed by atoms with van der Waals surface area (Å²) >= 11 is 0. The molecule has 0 aliphatic carbocycles. The first kappa shape index (κ1) is 11.0. The molecule has 0 bridgehead atoms. The summed E-state index contributed by atoms with van der Waals surface area (Å²) < 4.78 is 39.2. The number of hydrogen-bond donors (Lipinski definition) is 0. The number of nitrogens with zero attached hydrogens (tertiary/aromatic N) is 2. The molecule has 0 spiro atoms. The molecule has 3 heteroatoms. The van der Waals surface area contributed by atoms with Crippen LogP contribution in [0.5, 0.6) is 0 Å². The summed E-state index contributed by atoms with van der Waals surface area (Å²) in [6, 6.07) is 11.7. The van der Waals surface area contributed by atoms with E-state index in [1.54, 1.807) is 12.3 Å². The van der Waals surface area contributed by atoms with Crippen molar-refractivity contribution in [3.05, 3.63) is 60.0 Å². The van der Waals surface area contributed by atoms with E-state index < -0.39 is 12.7 Å². The Morgan fingerprint density at radius 3 is 2.83 bits per heavy atom. The van der Waals surface area contributed by atoms with Crippen molar-refractivity contribution >= 4 is 21.9 Å². The highest BCUT2D eigenvalue weighted by atomic mass is 16.3. The number of aromatic nitrogens is 2. The highest BCUT2D eigenvalue weighted by Crippen LogP contribution is 2.34. The summed E-state index contributed by atoms with van der Waals surface area (Å²) in [7, 11) is 2.00. The van der Waals surface area contributed by atoms with Crippen molar-refractivity contribution in [1.82, 2.24) is 4.98 Å². The largest absolute Gasteiger partial charge is 0.456 e. The van der Waals surface area contributed by atoms with E-state index in [0.717, 1.165) is 27.6 Å². The van der Waals surface area contributed by atoms with Crippen molar-refractivity contribution in [2.75, 3.05) is 0 Å². The van der Waals surface area contributed by atoms with Gasteiger partial charge in [0.25, 0.3) is 0 Å². The van der Waals surface area contributed by atoms with Gasteiger partial charge in [0.05, 0.1) is 0 Å². The maximum atomic E-state index is 8.26. The lowest BCUT2D eigenvalue weighted by Crippen LogP contribution is -2.30. The van der Waals surface area contributed by atoms with Gasteiger partial charge in [-0.15, -0.1) is 0 Å². The van der Waals surface area contributed by atoms with Gasteiger partial charge in [0.1, 0.15) is 18.2 Å². The molecule has 0 radical (unpaired) electrons. The molecular weight excluding hydrogens is 296 g/mol. The first-order valence-corrected chi connectivity index (χ1v) is 7.88. The molecule has 0 aliphatic rings. The SMILES string of the molecule is [2H]C([2H])([2H])C([2H])(C)c1cc2oc3cc(C)c(-c4cccc[n+]4C)cc3c2cn1. The number of rotatable bonds is 2. The maximum Gasteiger partial charge on any atom is 0.212 e. The molecule has 3 nitrogen and oxygen atoms in total. The molecular formula is C21H21N2O+. The van der Waals surface area contributed by atoms with Crippen molar-refractivity contribution in [1.29, 1.82) is 0 Å². The lowest BCUT2D eigenvalue weighted by Gasteiger charge is -2.04. The average molecular weight is 321 g/mol. The van der Waals surface area contributed by atoms with Crippen LogP contribution in [0.2, 0.25) is 0 Å². The minimum atomic E-state index is -2.48. The molecule has 0 N–H and O–H groups in total. The molecule has 0 saturated carbocycles. The van der Waals surface area contributed by atoms with Crippen LogP contribution in [0.15, 0.2) is 53.2 Å². The Labute approximate surface area is 147 Å². The first-order valence-electron chi connectivity index (χ1n) is 9.88. The third kappa shape index (κ3) is 2.28. The monoisotopic (exact) mass is 321 g/mol. The van der Waals surface area contributed by atoms with Gasteiger partial charge < -0.3 is 4.42 Å². The zero-order valence-corrected chi connectivity index (χ0v) is 13.9. The van der Waals surface area contributed by atoms with E-state index in [0.29, 0.717) is 11.2 Å². The molecule has 0 aliphatic heterocycles. The summed E-state index contributed by atoms with van der Waals surface area (Å²) in [5, 5.41) is 1.72. The van der Waals surface area contributed by atoms with E-state index >= 15 is 0 Å². The Kier molecular flexibility index (Phi) is 2.49. The fourth-order valence-corrected chi connectivity index (χ4v) is 3.10. The van der Waals surface area contributed by atoms with Crippen LogP contribution in [0, 0.1) is 6.92 Å². The van der Waals surface area contributed by atoms with Crippen molar-refractivity contribution in [3.63, 3.8) is 0 Å². The van der Waals surface area contributed by atoms with Crippen LogP contribution in [0.25, 0.3) is 33.2 Å². The summed E-state index contributed by atoms with van der Waals surface area (Å²) in [5.74, 6) is -1.81. The number of fused-ring (bicyclic) bond motifs is 3. The molecule has 4 rings (SSSR count). The van der Waals surface area contributed by atoms with Crippen LogP contribution in [0.3, 0.4) is 0 Å². The van der Waals surface area contributed by atoms with Crippen molar-refractivity contribution in [2.24, 2.45) is 7.05 Å². The number of aryl methyl sites for hydroxylation is 2. The van der Waals surface area contributed by atoms with Crippen LogP contribution in [0.4, 0.5) is 0 Å². The topological polar surface area (TPSA) is 29.9 Å². The number of furan rings is 1. The fourth-order valence-electron chi connectivity index (χ4n) is 3.10. The second kappa shape index (κ2) is 5.45. The van der Waals surface area contributed by atoms with Gasteiger partial charge in [0.15, 0.2) is 6.20 Å². The normalized spacial score (nSPS) is 17.1. The number of benzene rings is 1. The van der Waals surface area contributed by atoms with E-state index in [-0.39, 0.29) is 5.69 Å². The van der Waals surface area contributed by atoms with Gasteiger partial charge in [-0.2, -0.15) is 0 Å². The van der Waals surface area contributed by atoms with Crippen LogP contribution in [0.1, 0.15) is 36.4 Å². The van der Waals surface area contributed by atoms with Gasteiger partial charge in [-0.3, -0.25) is 4.98 Å². The molecule has 1 atom stereocenters. The Hall–Kier alpha value is -2.68. The Bertz CT molecular complexity index is 1210. The third-order valence-corrected chi connectivity index (χ3v) is 4.42. The van der Waals surface area contributed by atoms with Crippen molar-refractivity contribution in [2.45, 2.75) is 26.6 Å². The van der Waals surface area contributed by atoms with Gasteiger partial charge in [-0.05, 0) is 36.6 Å². The molecule has 0 saturated heterocycles. The second-order valence-corrected chi connectivity index (χ2v) is 6.15. The third-order valence-electron chi connectivity index (χ3n) is 4.42. The van der Waals surface area contributed by atoms with Gasteiger partial charge in [-0.1, -0.05) is 13.8 Å². The number of pyridine rings is 2. The second-order valence-electron chi connectivity index (χ2n) is 6.15. The van der Waals surface area contributed by atoms with E-state index in [1.807, 2.05) is 38.4 Å². The van der Waals surface area contributed by atoms with Crippen LogP contribution in [-0.4, -0.2) is 4.98 Å². The predicted octanol–water partition coefficient (Wildman–Crippen LogP) is 4.90. The summed E-state index contributed by atoms with van der Waals surface area (Å²) in [4.78, 5) is 4.30. The van der Waals surface area contributed by atoms with Crippen molar-refractivity contribution in [3.8, 4) is 11.3 Å². The Morgan fingerprint density at radius 1 is 1.21 bits per heavy atom. The quantitative estimate of drug-likeness (QED) is 0.491. The molecule has 24 heavy (non-hydrogen) atoms. The minimum Gasteiger partial charge on any atom is -0.456 e. The van der Waals surface area contributed by atoms with Crippen LogP contribution in [-0.2, 0) is 7.05 Å². The van der Waals surface area contributed by atoms with E-state index in [1.165, 1.54) is 6.92 Å². The Balaban J connectivity index is 1.93. The molecule has 4 aromatic rings. The smallest absolute Gasteiger partial charge is 0.212 e. The highest BCUT2D eigenvalue weighted by molar-refractivity contribution is 6.06. The zero-order valence-electron chi connectivity index (χ0n) is 17.9. The molecule has 1 aromatic carbocycles. The predicted molar refractivity (Wildman–Crippen MR) is 97.0 cm³/mol. The average Bonchev–Trinajstić information content (AvgIpc) is 2.97. The standard InChI is InChI=1S/C21H21N2O/c1-13(2)18-11-21-17(12-22-18)16-10-15(14(3)9-20(16)24-21)19-7-5-6-8-23(19)4/h5-13H,1-4H3/q+1/i1D3,13D. The molecule has 0 amide bonds. The maximum absolute atomic E-state index is 8.26. The summed E-state index contributed by atoms with van der Waals surface area (Å²) in [5.41, 5.74) is 4.68. The summed E-state index contributed by atoms with van der Waals surface area (Å²) in [6.45, 7) is 0.911. The van der Waals surface area contributed by atoms with Crippen LogP contribution < -0.4 is 4.57 Å². The van der Waals surface area contributed by atoms with E-state index in [4.69, 9.17) is 9.90 Å². The molecule has 3 heterocycles. The lowest BCUT2D eigenvalue weighted by molar-refractivity contribution is -0.660. The fraction of sp³-hybridized carbons (Fsp3) is 0.238. The molecule has 3 aromatic heterocycles. The molecule has 120 valence electrons. The van der Waals surface area contributed by atoms with Gasteiger partial charge >= 0.3 is 0 Å². The first-order chi connectivity index (χ1) is 13.1. The van der Waals surface area contributed by atoms with E-state index in [2.05, 4.69) is 21.7 Å². The van der Waals surface area contributed by atoms with Gasteiger partial charge in [0, 0.05) is 51.9 Å². The van der Waals surface area contributed by atoms with Gasteiger partial charge in [0.2, 0.25) is 5.69 Å². The molecule has 1 unspecified atom stereocenters. The Morgan fingerprint density at radius 2 is 2.04 bits per heavy atom. The lowest BCUT2D eigenvalue weighted by atomic mass is 10.0. The molecule has 0 fully saturated rings. The van der Waals surface area contributed by atoms with Crippen molar-refractivity contribution < 1.29 is 14.5 Å². The number of hydrogen-bond acceptors (Lipinski definition) is 2. The highest BCUT2D eigenvalue weighted by Gasteiger charge is 2.16. The van der Waals surface area contributed by atoms with Crippen LogP contribution >= 0.6 is 0 Å². The zero-order chi connectivity index (χ0) is 20.3. The van der Waals surface area contributed by atoms with Gasteiger partial charge in [-0.25, -0.2) is 4.57 Å². The summed E-state index contributed by atoms with van der Waals surface area (Å²) in [6.07, 6.45) is 3.61. The minimum absolute atomic E-state index is 0.172.